The summed E-state index contributed by atoms with van der Waals surface area (Å²) in [7, 11) is 0. The van der Waals surface area contributed by atoms with E-state index in [1.165, 1.54) is 5.56 Å². The minimum atomic E-state index is -0.392. The number of carbonyl (C=O) groups is 1. The minimum absolute atomic E-state index is 0.150. The first-order valence-electron chi connectivity index (χ1n) is 10.7. The Morgan fingerprint density at radius 2 is 1.71 bits per heavy atom. The van der Waals surface area contributed by atoms with Gasteiger partial charge in [0, 0.05) is 21.8 Å². The Bertz CT molecular complexity index is 1500. The lowest BCUT2D eigenvalue weighted by atomic mass is 10.0. The van der Waals surface area contributed by atoms with Gasteiger partial charge < -0.3 is 14.2 Å². The highest BCUT2D eigenvalue weighted by molar-refractivity contribution is 6.35. The lowest BCUT2D eigenvalue weighted by Gasteiger charge is -2.04. The molecule has 0 aliphatic carbocycles. The highest BCUT2D eigenvalue weighted by atomic mass is 35.5. The lowest BCUT2D eigenvalue weighted by molar-refractivity contribution is 0.0997. The SMILES string of the molecule is CC(C)c1ccc(-c2nc3cc(NC(=O)c4ccc(-c5cc(Cl)ccc5Cl)o4)ccc3o2)cc1. The van der Waals surface area contributed by atoms with Crippen LogP contribution in [-0.2, 0) is 0 Å². The van der Waals surface area contributed by atoms with Crippen LogP contribution in [0.2, 0.25) is 10.0 Å². The first-order valence-corrected chi connectivity index (χ1v) is 11.5. The second-order valence-corrected chi connectivity index (χ2v) is 9.06. The van der Waals surface area contributed by atoms with E-state index in [0.717, 1.165) is 5.56 Å². The molecule has 5 rings (SSSR count). The second-order valence-electron chi connectivity index (χ2n) is 8.22. The van der Waals surface area contributed by atoms with Gasteiger partial charge >= 0.3 is 0 Å². The van der Waals surface area contributed by atoms with Gasteiger partial charge in [-0.3, -0.25) is 4.79 Å². The number of oxazole rings is 1. The summed E-state index contributed by atoms with van der Waals surface area (Å²) in [5.41, 5.74) is 4.62. The quantitative estimate of drug-likeness (QED) is 0.268. The van der Waals surface area contributed by atoms with Crippen molar-refractivity contribution in [3.63, 3.8) is 0 Å². The number of hydrogen-bond acceptors (Lipinski definition) is 4. The van der Waals surface area contributed by atoms with Gasteiger partial charge in [0.05, 0.1) is 5.02 Å². The van der Waals surface area contributed by atoms with Gasteiger partial charge in [-0.25, -0.2) is 4.98 Å². The molecule has 0 unspecified atom stereocenters. The maximum absolute atomic E-state index is 12.8. The molecule has 0 aliphatic rings. The molecule has 7 heteroatoms. The van der Waals surface area contributed by atoms with Crippen LogP contribution in [0.25, 0.3) is 33.9 Å². The van der Waals surface area contributed by atoms with E-state index >= 15 is 0 Å². The van der Waals surface area contributed by atoms with Crippen LogP contribution in [0.1, 0.15) is 35.9 Å². The third-order valence-electron chi connectivity index (χ3n) is 5.49. The summed E-state index contributed by atoms with van der Waals surface area (Å²) in [5.74, 6) is 1.20. The fourth-order valence-corrected chi connectivity index (χ4v) is 4.01. The molecule has 0 radical (unpaired) electrons. The van der Waals surface area contributed by atoms with E-state index in [9.17, 15) is 4.79 Å². The van der Waals surface area contributed by atoms with Crippen molar-refractivity contribution < 1.29 is 13.6 Å². The van der Waals surface area contributed by atoms with E-state index in [1.807, 2.05) is 12.1 Å². The number of halogens is 2. The summed E-state index contributed by atoms with van der Waals surface area (Å²) in [6.45, 7) is 4.31. The maximum Gasteiger partial charge on any atom is 0.291 e. The fraction of sp³-hybridized carbons (Fsp3) is 0.111. The van der Waals surface area contributed by atoms with Crippen molar-refractivity contribution in [3.05, 3.63) is 94.2 Å². The molecule has 3 aromatic carbocycles. The number of benzene rings is 3. The Morgan fingerprint density at radius 1 is 0.912 bits per heavy atom. The monoisotopic (exact) mass is 490 g/mol. The number of amides is 1. The molecule has 0 fully saturated rings. The van der Waals surface area contributed by atoms with Gasteiger partial charge in [0.25, 0.3) is 5.91 Å². The molecule has 1 N–H and O–H groups in total. The largest absolute Gasteiger partial charge is 0.451 e. The van der Waals surface area contributed by atoms with Crippen LogP contribution >= 0.6 is 23.2 Å². The molecule has 0 bridgehead atoms. The number of anilines is 1. The molecule has 170 valence electrons. The molecule has 0 atom stereocenters. The highest BCUT2D eigenvalue weighted by Crippen LogP contribution is 2.32. The Balaban J connectivity index is 1.35. The molecule has 0 saturated carbocycles. The van der Waals surface area contributed by atoms with Crippen LogP contribution in [0, 0.1) is 0 Å². The van der Waals surface area contributed by atoms with E-state index in [0.29, 0.717) is 50.0 Å². The Morgan fingerprint density at radius 3 is 2.47 bits per heavy atom. The summed E-state index contributed by atoms with van der Waals surface area (Å²) in [6, 6.07) is 21.8. The van der Waals surface area contributed by atoms with Gasteiger partial charge in [-0.05, 0) is 72.1 Å². The fourth-order valence-electron chi connectivity index (χ4n) is 3.62. The highest BCUT2D eigenvalue weighted by Gasteiger charge is 2.16. The number of nitrogens with one attached hydrogen (secondary N) is 1. The molecule has 34 heavy (non-hydrogen) atoms. The third-order valence-corrected chi connectivity index (χ3v) is 6.06. The van der Waals surface area contributed by atoms with Crippen molar-refractivity contribution in [3.8, 4) is 22.8 Å². The van der Waals surface area contributed by atoms with Gasteiger partial charge in [-0.1, -0.05) is 49.2 Å². The zero-order chi connectivity index (χ0) is 23.8. The molecular formula is C27H20Cl2N2O3. The van der Waals surface area contributed by atoms with E-state index in [1.54, 1.807) is 48.5 Å². The predicted molar refractivity (Wildman–Crippen MR) is 136 cm³/mol. The van der Waals surface area contributed by atoms with Crippen LogP contribution in [-0.4, -0.2) is 10.9 Å². The van der Waals surface area contributed by atoms with Crippen LogP contribution in [0.4, 0.5) is 5.69 Å². The summed E-state index contributed by atoms with van der Waals surface area (Å²) in [4.78, 5) is 17.3. The average Bonchev–Trinajstić information content (AvgIpc) is 3.48. The van der Waals surface area contributed by atoms with E-state index < -0.39 is 5.91 Å². The second kappa shape index (κ2) is 9.01. The van der Waals surface area contributed by atoms with Gasteiger partial charge in [-0.2, -0.15) is 0 Å². The first kappa shape index (κ1) is 22.3. The summed E-state index contributed by atoms with van der Waals surface area (Å²) < 4.78 is 11.6. The lowest BCUT2D eigenvalue weighted by Crippen LogP contribution is -2.10. The van der Waals surface area contributed by atoms with Crippen molar-refractivity contribution in [1.29, 1.82) is 0 Å². The summed E-state index contributed by atoms with van der Waals surface area (Å²) in [6.07, 6.45) is 0. The number of fused-ring (bicyclic) bond motifs is 1. The normalized spacial score (nSPS) is 11.3. The van der Waals surface area contributed by atoms with E-state index in [2.05, 4.69) is 36.3 Å². The topological polar surface area (TPSA) is 68.3 Å². The van der Waals surface area contributed by atoms with Crippen LogP contribution in [0.3, 0.4) is 0 Å². The molecular weight excluding hydrogens is 471 g/mol. The standard InChI is InChI=1S/C27H20Cl2N2O3/c1-15(2)16-3-5-17(6-4-16)27-31-22-14-19(8-10-24(22)34-27)30-26(32)25-12-11-23(33-25)20-13-18(28)7-9-21(20)29/h3-15H,1-2H3,(H,30,32). The number of furan rings is 1. The third kappa shape index (κ3) is 4.45. The minimum Gasteiger partial charge on any atom is -0.451 e. The zero-order valence-corrected chi connectivity index (χ0v) is 19.9. The molecule has 1 amide bonds. The molecule has 0 saturated heterocycles. The molecule has 5 aromatic rings. The zero-order valence-electron chi connectivity index (χ0n) is 18.4. The number of aromatic nitrogens is 1. The van der Waals surface area contributed by atoms with E-state index in [-0.39, 0.29) is 5.76 Å². The van der Waals surface area contributed by atoms with Gasteiger partial charge in [0.1, 0.15) is 11.3 Å². The number of nitrogens with zero attached hydrogens (tertiary/aromatic N) is 1. The van der Waals surface area contributed by atoms with Gasteiger partial charge in [0.2, 0.25) is 5.89 Å². The van der Waals surface area contributed by atoms with Crippen molar-refractivity contribution in [2.45, 2.75) is 19.8 Å². The summed E-state index contributed by atoms with van der Waals surface area (Å²) in [5, 5.41) is 3.85. The van der Waals surface area contributed by atoms with Crippen LogP contribution in [0.5, 0.6) is 0 Å². The van der Waals surface area contributed by atoms with Crippen molar-refractivity contribution in [2.24, 2.45) is 0 Å². The number of rotatable bonds is 5. The number of carbonyl (C=O) groups excluding carboxylic acids is 1. The Kier molecular flexibility index (Phi) is 5.90. The molecule has 2 heterocycles. The van der Waals surface area contributed by atoms with Gasteiger partial charge in [0.15, 0.2) is 11.3 Å². The molecule has 0 spiro atoms. The Labute approximate surface area is 206 Å². The van der Waals surface area contributed by atoms with Crippen molar-refractivity contribution in [1.82, 2.24) is 4.98 Å². The van der Waals surface area contributed by atoms with Crippen molar-refractivity contribution >= 4 is 45.9 Å². The number of hydrogen-bond donors (Lipinski definition) is 1. The smallest absolute Gasteiger partial charge is 0.291 e. The summed E-state index contributed by atoms with van der Waals surface area (Å²) >= 11 is 12.3. The van der Waals surface area contributed by atoms with Crippen molar-refractivity contribution in [2.75, 3.05) is 5.32 Å². The van der Waals surface area contributed by atoms with Crippen LogP contribution in [0.15, 0.2) is 81.6 Å². The average molecular weight is 491 g/mol. The van der Waals surface area contributed by atoms with E-state index in [4.69, 9.17) is 32.0 Å². The predicted octanol–water partition coefficient (Wildman–Crippen LogP) is 8.44. The van der Waals surface area contributed by atoms with Gasteiger partial charge in [-0.15, -0.1) is 0 Å². The Hall–Kier alpha value is -3.54. The van der Waals surface area contributed by atoms with Crippen LogP contribution < -0.4 is 5.32 Å². The molecule has 0 aliphatic heterocycles. The molecule has 5 nitrogen and oxygen atoms in total. The first-order chi connectivity index (χ1) is 16.4. The molecule has 2 aromatic heterocycles. The maximum atomic E-state index is 12.8.